The van der Waals surface area contributed by atoms with Gasteiger partial charge >= 0.3 is 29.6 Å². The molecule has 5 heteroatoms. The maximum atomic E-state index is 10.5. The van der Waals surface area contributed by atoms with E-state index < -0.39 is 5.91 Å². The molecular formula is C10H19N2NaO2. The second kappa shape index (κ2) is 13.4. The van der Waals surface area contributed by atoms with Gasteiger partial charge in [-0.2, -0.15) is 0 Å². The molecule has 0 aromatic carbocycles. The average molecular weight is 222 g/mol. The van der Waals surface area contributed by atoms with E-state index in [-0.39, 0.29) is 35.5 Å². The van der Waals surface area contributed by atoms with Gasteiger partial charge in [0.1, 0.15) is 0 Å². The van der Waals surface area contributed by atoms with Crippen molar-refractivity contribution in [1.82, 2.24) is 5.32 Å². The standard InChI is InChI=1S/C7H13NO.C3H5NO.Na.H/c1-4-7(9)8-5-6(2)3;1-2-3(4)5;;/h4,6H,1,5H2,2-3H3,(H,8,9);2H,1H2,(H2,4,5);;. The summed E-state index contributed by atoms with van der Waals surface area (Å²) >= 11 is 0. The van der Waals surface area contributed by atoms with Gasteiger partial charge in [0.15, 0.2) is 0 Å². The molecule has 0 fully saturated rings. The second-order valence-corrected chi connectivity index (χ2v) is 2.95. The van der Waals surface area contributed by atoms with Crippen molar-refractivity contribution in [3.05, 3.63) is 25.3 Å². The zero-order valence-corrected chi connectivity index (χ0v) is 8.75. The van der Waals surface area contributed by atoms with Crippen molar-refractivity contribution in [1.29, 1.82) is 0 Å². The monoisotopic (exact) mass is 222 g/mol. The summed E-state index contributed by atoms with van der Waals surface area (Å²) < 4.78 is 0. The normalized spacial score (nSPS) is 7.67. The number of rotatable bonds is 4. The van der Waals surface area contributed by atoms with Gasteiger partial charge in [0.05, 0.1) is 0 Å². The predicted octanol–water partition coefficient (Wildman–Crippen LogP) is -0.0462. The molecule has 4 nitrogen and oxygen atoms in total. The summed E-state index contributed by atoms with van der Waals surface area (Å²) in [5, 5.41) is 2.67. The van der Waals surface area contributed by atoms with E-state index >= 15 is 0 Å². The molecule has 0 bridgehead atoms. The zero-order valence-electron chi connectivity index (χ0n) is 8.75. The first-order chi connectivity index (χ1) is 6.43. The first-order valence-electron chi connectivity index (χ1n) is 4.26. The Kier molecular flexibility index (Phi) is 17.8. The molecule has 0 heterocycles. The number of primary amides is 1. The molecule has 0 radical (unpaired) electrons. The Morgan fingerprint density at radius 3 is 1.93 bits per heavy atom. The van der Waals surface area contributed by atoms with E-state index in [2.05, 4.69) is 24.2 Å². The van der Waals surface area contributed by atoms with Crippen molar-refractivity contribution in [3.63, 3.8) is 0 Å². The summed E-state index contributed by atoms with van der Waals surface area (Å²) in [6, 6.07) is 0. The van der Waals surface area contributed by atoms with Crippen LogP contribution < -0.4 is 11.1 Å². The third-order valence-corrected chi connectivity index (χ3v) is 1.07. The van der Waals surface area contributed by atoms with Crippen molar-refractivity contribution >= 4 is 41.4 Å². The molecule has 0 aliphatic carbocycles. The fourth-order valence-electron chi connectivity index (χ4n) is 0.377. The first kappa shape index (κ1) is 19.9. The summed E-state index contributed by atoms with van der Waals surface area (Å²) in [7, 11) is 0. The first-order valence-corrected chi connectivity index (χ1v) is 4.26. The van der Waals surface area contributed by atoms with Crippen molar-refractivity contribution in [3.8, 4) is 0 Å². The summed E-state index contributed by atoms with van der Waals surface area (Å²) in [6.45, 7) is 11.2. The van der Waals surface area contributed by atoms with Crippen molar-refractivity contribution in [2.24, 2.45) is 11.7 Å². The Morgan fingerprint density at radius 2 is 1.73 bits per heavy atom. The third kappa shape index (κ3) is 24.7. The van der Waals surface area contributed by atoms with Crippen LogP contribution in [-0.2, 0) is 9.59 Å². The van der Waals surface area contributed by atoms with Gasteiger partial charge in [-0.05, 0) is 18.1 Å². The fraction of sp³-hybridized carbons (Fsp3) is 0.400. The molecule has 0 aromatic rings. The van der Waals surface area contributed by atoms with Gasteiger partial charge in [0.25, 0.3) is 0 Å². The molecule has 15 heavy (non-hydrogen) atoms. The van der Waals surface area contributed by atoms with E-state index in [0.717, 1.165) is 12.6 Å². The molecule has 3 N–H and O–H groups in total. The molecule has 0 saturated carbocycles. The molecule has 0 aliphatic rings. The van der Waals surface area contributed by atoms with Gasteiger partial charge in [-0.25, -0.2) is 0 Å². The minimum absolute atomic E-state index is 0. The van der Waals surface area contributed by atoms with Crippen LogP contribution >= 0.6 is 0 Å². The molecule has 0 unspecified atom stereocenters. The summed E-state index contributed by atoms with van der Waals surface area (Å²) in [5.74, 6) is -0.0670. The van der Waals surface area contributed by atoms with Gasteiger partial charge in [-0.15, -0.1) is 0 Å². The Hall–Kier alpha value is -0.580. The number of hydrogen-bond donors (Lipinski definition) is 2. The molecule has 0 spiro atoms. The summed E-state index contributed by atoms with van der Waals surface area (Å²) in [5.41, 5.74) is 4.53. The van der Waals surface area contributed by atoms with Crippen LogP contribution in [0.4, 0.5) is 0 Å². The Morgan fingerprint density at radius 1 is 1.33 bits per heavy atom. The summed E-state index contributed by atoms with van der Waals surface area (Å²) in [6.07, 6.45) is 2.34. The van der Waals surface area contributed by atoms with E-state index in [9.17, 15) is 9.59 Å². The van der Waals surface area contributed by atoms with Crippen molar-refractivity contribution < 1.29 is 9.59 Å². The third-order valence-electron chi connectivity index (χ3n) is 1.07. The molecule has 0 atom stereocenters. The van der Waals surface area contributed by atoms with Crippen LogP contribution in [0.1, 0.15) is 13.8 Å². The molecule has 0 rings (SSSR count). The minimum atomic E-state index is -0.481. The Balaban J connectivity index is -0.000000208. The van der Waals surface area contributed by atoms with Crippen LogP contribution in [-0.4, -0.2) is 47.9 Å². The van der Waals surface area contributed by atoms with Crippen molar-refractivity contribution in [2.45, 2.75) is 13.8 Å². The van der Waals surface area contributed by atoms with Crippen molar-refractivity contribution in [2.75, 3.05) is 6.54 Å². The number of hydrogen-bond acceptors (Lipinski definition) is 2. The van der Waals surface area contributed by atoms with Crippen LogP contribution in [0.2, 0.25) is 0 Å². The molecule has 82 valence electrons. The number of amides is 2. The van der Waals surface area contributed by atoms with E-state index in [1.165, 1.54) is 6.08 Å². The summed E-state index contributed by atoms with van der Waals surface area (Å²) in [4.78, 5) is 20.0. The number of nitrogens with two attached hydrogens (primary N) is 1. The van der Waals surface area contributed by atoms with E-state index in [4.69, 9.17) is 0 Å². The van der Waals surface area contributed by atoms with Gasteiger partial charge in [-0.3, -0.25) is 9.59 Å². The van der Waals surface area contributed by atoms with Gasteiger partial charge < -0.3 is 11.1 Å². The van der Waals surface area contributed by atoms with Gasteiger partial charge in [-0.1, -0.05) is 27.0 Å². The average Bonchev–Trinajstić information content (AvgIpc) is 2.14. The van der Waals surface area contributed by atoms with E-state index in [1.54, 1.807) is 0 Å². The van der Waals surface area contributed by atoms with Gasteiger partial charge in [0, 0.05) is 6.54 Å². The van der Waals surface area contributed by atoms with Gasteiger partial charge in [0.2, 0.25) is 11.8 Å². The molecule has 0 saturated heterocycles. The van der Waals surface area contributed by atoms with Crippen LogP contribution in [0.3, 0.4) is 0 Å². The molecular weight excluding hydrogens is 203 g/mol. The number of carbonyl (C=O) groups excluding carboxylic acids is 2. The van der Waals surface area contributed by atoms with Crippen LogP contribution in [0.15, 0.2) is 25.3 Å². The topological polar surface area (TPSA) is 72.2 Å². The van der Waals surface area contributed by atoms with E-state index in [1.807, 2.05) is 13.8 Å². The van der Waals surface area contributed by atoms with E-state index in [0.29, 0.717) is 5.92 Å². The zero-order chi connectivity index (χ0) is 11.6. The maximum absolute atomic E-state index is 10.5. The molecule has 0 aromatic heterocycles. The van der Waals surface area contributed by atoms with Crippen LogP contribution in [0, 0.1) is 5.92 Å². The SMILES string of the molecule is C=CC(=O)NCC(C)C.C=CC(N)=O.[NaH]. The Labute approximate surface area is 113 Å². The number of nitrogens with one attached hydrogen (secondary N) is 1. The number of carbonyl (C=O) groups is 2. The molecule has 2 amide bonds. The Bertz CT molecular complexity index is 215. The van der Waals surface area contributed by atoms with Crippen LogP contribution in [0.25, 0.3) is 0 Å². The fourth-order valence-corrected chi connectivity index (χ4v) is 0.377. The molecule has 0 aliphatic heterocycles. The predicted molar refractivity (Wildman–Crippen MR) is 64.6 cm³/mol. The van der Waals surface area contributed by atoms with Crippen LogP contribution in [0.5, 0.6) is 0 Å². The quantitative estimate of drug-likeness (QED) is 0.517. The second-order valence-electron chi connectivity index (χ2n) is 2.95.